The number of para-hydroxylation sites is 1. The topological polar surface area (TPSA) is 76.1 Å². The smallest absolute Gasteiger partial charge is 0.339 e. The van der Waals surface area contributed by atoms with Crippen LogP contribution in [0.2, 0.25) is 0 Å². The van der Waals surface area contributed by atoms with Gasteiger partial charge in [-0.2, -0.15) is 4.98 Å². The molecule has 0 aliphatic rings. The lowest BCUT2D eigenvalue weighted by Crippen LogP contribution is -2.10. The van der Waals surface area contributed by atoms with Gasteiger partial charge in [0.25, 0.3) is 0 Å². The first-order chi connectivity index (χ1) is 13.8. The monoisotopic (exact) mass is 390 g/mol. The predicted octanol–water partition coefficient (Wildman–Crippen LogP) is 5.36. The Morgan fingerprint density at radius 2 is 1.66 bits per heavy atom. The molecule has 29 heavy (non-hydrogen) atoms. The number of carbonyl (C=O) groups is 1. The number of ether oxygens (including phenoxy) is 1. The van der Waals surface area contributed by atoms with Gasteiger partial charge in [0, 0.05) is 17.4 Å². The standard InChI is InChI=1S/C23H26N4O2/c1-15-14-20(25-17-12-10-16(11-13-17)23(2,3)4)27-22(24-15)26-19-9-7-6-8-18(19)21(28)29-5/h6-14H,1-5H3,(H2,24,25,26,27). The average Bonchev–Trinajstić information content (AvgIpc) is 2.67. The van der Waals surface area contributed by atoms with E-state index in [9.17, 15) is 4.79 Å². The highest BCUT2D eigenvalue weighted by Gasteiger charge is 2.14. The van der Waals surface area contributed by atoms with E-state index < -0.39 is 5.97 Å². The zero-order valence-corrected chi connectivity index (χ0v) is 17.4. The number of methoxy groups -OCH3 is 1. The minimum atomic E-state index is -0.418. The largest absolute Gasteiger partial charge is 0.465 e. The molecule has 0 aliphatic heterocycles. The Morgan fingerprint density at radius 1 is 0.966 bits per heavy atom. The summed E-state index contributed by atoms with van der Waals surface area (Å²) in [5.74, 6) is 0.646. The van der Waals surface area contributed by atoms with Gasteiger partial charge in [0.15, 0.2) is 0 Å². The van der Waals surface area contributed by atoms with Gasteiger partial charge in [0.05, 0.1) is 18.4 Å². The summed E-state index contributed by atoms with van der Waals surface area (Å²) in [4.78, 5) is 20.9. The van der Waals surface area contributed by atoms with Crippen molar-refractivity contribution in [2.45, 2.75) is 33.1 Å². The van der Waals surface area contributed by atoms with Gasteiger partial charge >= 0.3 is 5.97 Å². The first-order valence-electron chi connectivity index (χ1n) is 9.44. The lowest BCUT2D eigenvalue weighted by Gasteiger charge is -2.19. The van der Waals surface area contributed by atoms with Crippen molar-refractivity contribution in [3.63, 3.8) is 0 Å². The lowest BCUT2D eigenvalue weighted by atomic mass is 9.87. The molecule has 0 bridgehead atoms. The Balaban J connectivity index is 1.83. The number of rotatable bonds is 5. The maximum Gasteiger partial charge on any atom is 0.339 e. The van der Waals surface area contributed by atoms with E-state index in [0.717, 1.165) is 11.4 Å². The minimum Gasteiger partial charge on any atom is -0.465 e. The van der Waals surface area contributed by atoms with Crippen LogP contribution in [0.15, 0.2) is 54.6 Å². The van der Waals surface area contributed by atoms with Crippen LogP contribution in [0.1, 0.15) is 42.4 Å². The molecule has 6 nitrogen and oxygen atoms in total. The second-order valence-corrected chi connectivity index (χ2v) is 7.83. The number of hydrogen-bond acceptors (Lipinski definition) is 6. The zero-order chi connectivity index (χ0) is 21.0. The van der Waals surface area contributed by atoms with Crippen molar-refractivity contribution in [2.75, 3.05) is 17.7 Å². The highest BCUT2D eigenvalue weighted by atomic mass is 16.5. The second-order valence-electron chi connectivity index (χ2n) is 7.83. The molecule has 0 aliphatic carbocycles. The van der Waals surface area contributed by atoms with Gasteiger partial charge in [-0.25, -0.2) is 9.78 Å². The molecule has 6 heteroatoms. The molecule has 0 atom stereocenters. The van der Waals surface area contributed by atoms with Crippen LogP contribution in [0, 0.1) is 6.92 Å². The summed E-state index contributed by atoms with van der Waals surface area (Å²) >= 11 is 0. The average molecular weight is 390 g/mol. The molecule has 0 fully saturated rings. The first-order valence-corrected chi connectivity index (χ1v) is 9.44. The van der Waals surface area contributed by atoms with Gasteiger partial charge < -0.3 is 15.4 Å². The van der Waals surface area contributed by atoms with Crippen molar-refractivity contribution in [1.82, 2.24) is 9.97 Å². The fraction of sp³-hybridized carbons (Fsp3) is 0.261. The highest BCUT2D eigenvalue weighted by molar-refractivity contribution is 5.96. The minimum absolute atomic E-state index is 0.105. The van der Waals surface area contributed by atoms with Gasteiger partial charge in [-0.15, -0.1) is 0 Å². The SMILES string of the molecule is COC(=O)c1ccccc1Nc1nc(C)cc(Nc2ccc(C(C)(C)C)cc2)n1. The van der Waals surface area contributed by atoms with Gasteiger partial charge in [0.1, 0.15) is 5.82 Å². The van der Waals surface area contributed by atoms with Crippen LogP contribution < -0.4 is 10.6 Å². The molecule has 2 aromatic carbocycles. The maximum absolute atomic E-state index is 12.0. The van der Waals surface area contributed by atoms with Crippen LogP contribution >= 0.6 is 0 Å². The normalized spacial score (nSPS) is 11.1. The summed E-state index contributed by atoms with van der Waals surface area (Å²) in [6, 6.07) is 17.3. The summed E-state index contributed by atoms with van der Waals surface area (Å²) in [7, 11) is 1.36. The third-order valence-electron chi connectivity index (χ3n) is 4.46. The Morgan fingerprint density at radius 3 is 2.31 bits per heavy atom. The molecule has 2 N–H and O–H groups in total. The molecule has 0 saturated carbocycles. The molecule has 0 spiro atoms. The van der Waals surface area contributed by atoms with E-state index >= 15 is 0 Å². The van der Waals surface area contributed by atoms with Crippen molar-refractivity contribution in [1.29, 1.82) is 0 Å². The number of nitrogens with one attached hydrogen (secondary N) is 2. The number of aromatic nitrogens is 2. The van der Waals surface area contributed by atoms with Crippen LogP contribution in [-0.2, 0) is 10.2 Å². The van der Waals surface area contributed by atoms with Gasteiger partial charge in [-0.05, 0) is 42.2 Å². The zero-order valence-electron chi connectivity index (χ0n) is 17.4. The van der Waals surface area contributed by atoms with Crippen LogP contribution in [0.25, 0.3) is 0 Å². The van der Waals surface area contributed by atoms with Crippen molar-refractivity contribution < 1.29 is 9.53 Å². The van der Waals surface area contributed by atoms with E-state index in [0.29, 0.717) is 23.0 Å². The second kappa shape index (κ2) is 8.31. The van der Waals surface area contributed by atoms with Gasteiger partial charge in [-0.3, -0.25) is 0 Å². The van der Waals surface area contributed by atoms with E-state index in [1.54, 1.807) is 18.2 Å². The molecular weight excluding hydrogens is 364 g/mol. The predicted molar refractivity (Wildman–Crippen MR) is 116 cm³/mol. The summed E-state index contributed by atoms with van der Waals surface area (Å²) in [5.41, 5.74) is 4.12. The molecule has 0 radical (unpaired) electrons. The molecule has 3 rings (SSSR count). The number of aryl methyl sites for hydroxylation is 1. The maximum atomic E-state index is 12.0. The van der Waals surface area contributed by atoms with E-state index in [-0.39, 0.29) is 5.41 Å². The van der Waals surface area contributed by atoms with E-state index in [2.05, 4.69) is 53.5 Å². The van der Waals surface area contributed by atoms with E-state index in [4.69, 9.17) is 4.74 Å². The van der Waals surface area contributed by atoms with Crippen molar-refractivity contribution >= 4 is 29.1 Å². The Bertz CT molecular complexity index is 1010. The van der Waals surface area contributed by atoms with Crippen LogP contribution in [0.5, 0.6) is 0 Å². The van der Waals surface area contributed by atoms with Gasteiger partial charge in [0.2, 0.25) is 5.95 Å². The molecule has 0 amide bonds. The molecule has 3 aromatic rings. The number of hydrogen-bond donors (Lipinski definition) is 2. The molecular formula is C23H26N4O2. The Labute approximate surface area is 171 Å². The summed E-state index contributed by atoms with van der Waals surface area (Å²) in [6.45, 7) is 8.46. The Kier molecular flexibility index (Phi) is 5.82. The van der Waals surface area contributed by atoms with Gasteiger partial charge in [-0.1, -0.05) is 45.0 Å². The molecule has 1 aromatic heterocycles. The first kappa shape index (κ1) is 20.3. The summed E-state index contributed by atoms with van der Waals surface area (Å²) in [5, 5.41) is 6.44. The summed E-state index contributed by atoms with van der Waals surface area (Å²) < 4.78 is 4.84. The van der Waals surface area contributed by atoms with Crippen molar-refractivity contribution in [3.05, 3.63) is 71.4 Å². The third kappa shape index (κ3) is 5.10. The fourth-order valence-electron chi connectivity index (χ4n) is 2.89. The molecule has 0 unspecified atom stereocenters. The quantitative estimate of drug-likeness (QED) is 0.572. The van der Waals surface area contributed by atoms with Crippen molar-refractivity contribution in [2.24, 2.45) is 0 Å². The fourth-order valence-corrected chi connectivity index (χ4v) is 2.89. The number of carbonyl (C=O) groups excluding carboxylic acids is 1. The molecule has 0 saturated heterocycles. The molecule has 150 valence electrons. The van der Waals surface area contributed by atoms with Crippen LogP contribution in [0.3, 0.4) is 0 Å². The van der Waals surface area contributed by atoms with Crippen molar-refractivity contribution in [3.8, 4) is 0 Å². The number of esters is 1. The van der Waals surface area contributed by atoms with E-state index in [1.807, 2.05) is 31.2 Å². The number of anilines is 4. The van der Waals surface area contributed by atoms with Crippen LogP contribution in [-0.4, -0.2) is 23.0 Å². The highest BCUT2D eigenvalue weighted by Crippen LogP contribution is 2.25. The summed E-state index contributed by atoms with van der Waals surface area (Å²) in [6.07, 6.45) is 0. The Hall–Kier alpha value is -3.41. The third-order valence-corrected chi connectivity index (χ3v) is 4.46. The lowest BCUT2D eigenvalue weighted by molar-refractivity contribution is 0.0602. The molecule has 1 heterocycles. The number of nitrogens with zero attached hydrogens (tertiary/aromatic N) is 2. The van der Waals surface area contributed by atoms with E-state index in [1.165, 1.54) is 12.7 Å². The van der Waals surface area contributed by atoms with Crippen LogP contribution in [0.4, 0.5) is 23.1 Å². The number of benzene rings is 2.